The van der Waals surface area contributed by atoms with Crippen LogP contribution >= 0.6 is 11.3 Å². The smallest absolute Gasteiger partial charge is 0.122 e. The van der Waals surface area contributed by atoms with Crippen LogP contribution in [0.3, 0.4) is 0 Å². The second kappa shape index (κ2) is 4.74. The normalized spacial score (nSPS) is 11.4. The third-order valence-electron chi connectivity index (χ3n) is 2.77. The van der Waals surface area contributed by atoms with Crippen LogP contribution in [0, 0.1) is 0 Å². The van der Waals surface area contributed by atoms with Crippen molar-refractivity contribution < 1.29 is 5.11 Å². The second-order valence-corrected chi connectivity index (χ2v) is 5.23. The molecule has 0 atom stereocenters. The molecule has 2 aromatic carbocycles. The zero-order valence-electron chi connectivity index (χ0n) is 10.1. The summed E-state index contributed by atoms with van der Waals surface area (Å²) in [7, 11) is 0. The van der Waals surface area contributed by atoms with Crippen molar-refractivity contribution in [1.82, 2.24) is 4.98 Å². The Balaban J connectivity index is 1.95. The minimum atomic E-state index is 0.214. The first-order valence-electron chi connectivity index (χ1n) is 5.84. The van der Waals surface area contributed by atoms with Crippen LogP contribution in [0.15, 0.2) is 42.5 Å². The van der Waals surface area contributed by atoms with Gasteiger partial charge in [0.15, 0.2) is 0 Å². The Morgan fingerprint density at radius 2 is 1.95 bits per heavy atom. The molecule has 0 spiro atoms. The summed E-state index contributed by atoms with van der Waals surface area (Å²) in [4.78, 5) is 4.50. The number of phenols is 1. The largest absolute Gasteiger partial charge is 0.507 e. The van der Waals surface area contributed by atoms with Gasteiger partial charge >= 0.3 is 0 Å². The van der Waals surface area contributed by atoms with Crippen LogP contribution < -0.4 is 5.73 Å². The van der Waals surface area contributed by atoms with Gasteiger partial charge in [0.1, 0.15) is 10.8 Å². The Bertz CT molecular complexity index is 729. The van der Waals surface area contributed by atoms with Crippen molar-refractivity contribution in [2.24, 2.45) is 0 Å². The molecule has 3 aromatic rings. The summed E-state index contributed by atoms with van der Waals surface area (Å²) in [6.45, 7) is 0. The van der Waals surface area contributed by atoms with Gasteiger partial charge in [0, 0.05) is 11.3 Å². The molecule has 0 unspecified atom stereocenters. The summed E-state index contributed by atoms with van der Waals surface area (Å²) in [6.07, 6.45) is 3.71. The molecule has 3 nitrogen and oxygen atoms in total. The highest BCUT2D eigenvalue weighted by Crippen LogP contribution is 2.25. The number of nitrogen functional groups attached to an aromatic ring is 1. The van der Waals surface area contributed by atoms with E-state index in [4.69, 9.17) is 5.73 Å². The maximum atomic E-state index is 9.73. The van der Waals surface area contributed by atoms with Gasteiger partial charge in [-0.2, -0.15) is 0 Å². The molecule has 1 aromatic heterocycles. The Kier molecular flexibility index (Phi) is 2.93. The van der Waals surface area contributed by atoms with Gasteiger partial charge in [0.25, 0.3) is 0 Å². The molecular weight excluding hydrogens is 256 g/mol. The molecular formula is C15H12N2OS. The summed E-state index contributed by atoms with van der Waals surface area (Å²) in [5.74, 6) is 0.214. The molecule has 0 aliphatic carbocycles. The van der Waals surface area contributed by atoms with E-state index in [9.17, 15) is 5.11 Å². The maximum Gasteiger partial charge on any atom is 0.122 e. The van der Waals surface area contributed by atoms with E-state index in [2.05, 4.69) is 4.98 Å². The maximum absolute atomic E-state index is 9.73. The number of aromatic nitrogens is 1. The van der Waals surface area contributed by atoms with Crippen LogP contribution in [-0.2, 0) is 0 Å². The van der Waals surface area contributed by atoms with E-state index in [-0.39, 0.29) is 5.75 Å². The molecule has 3 rings (SSSR count). The molecule has 0 saturated carbocycles. The lowest BCUT2D eigenvalue weighted by Gasteiger charge is -1.99. The lowest BCUT2D eigenvalue weighted by Crippen LogP contribution is -1.84. The fourth-order valence-corrected chi connectivity index (χ4v) is 2.70. The van der Waals surface area contributed by atoms with Gasteiger partial charge in [-0.3, -0.25) is 0 Å². The number of anilines is 1. The van der Waals surface area contributed by atoms with Crippen molar-refractivity contribution >= 4 is 39.4 Å². The SMILES string of the molecule is Nc1ccc(O)c(C=Cc2nc3ccccc3s2)c1. The van der Waals surface area contributed by atoms with Crippen molar-refractivity contribution in [3.8, 4) is 5.75 Å². The van der Waals surface area contributed by atoms with Crippen LogP contribution in [0.2, 0.25) is 0 Å². The molecule has 3 N–H and O–H groups in total. The van der Waals surface area contributed by atoms with Gasteiger partial charge < -0.3 is 10.8 Å². The first kappa shape index (κ1) is 11.7. The number of aromatic hydroxyl groups is 1. The fourth-order valence-electron chi connectivity index (χ4n) is 1.83. The fraction of sp³-hybridized carbons (Fsp3) is 0. The van der Waals surface area contributed by atoms with E-state index < -0.39 is 0 Å². The van der Waals surface area contributed by atoms with Gasteiger partial charge in [-0.05, 0) is 42.5 Å². The Hall–Kier alpha value is -2.33. The topological polar surface area (TPSA) is 59.1 Å². The molecule has 0 fully saturated rings. The molecule has 4 heteroatoms. The van der Waals surface area contributed by atoms with E-state index in [0.717, 1.165) is 15.2 Å². The Labute approximate surface area is 114 Å². The second-order valence-electron chi connectivity index (χ2n) is 4.17. The number of thiazole rings is 1. The Morgan fingerprint density at radius 3 is 2.79 bits per heavy atom. The number of phenolic OH excluding ortho intramolecular Hbond substituents is 1. The number of para-hydroxylation sites is 1. The lowest BCUT2D eigenvalue weighted by atomic mass is 10.1. The van der Waals surface area contributed by atoms with E-state index in [0.29, 0.717) is 11.3 Å². The average Bonchev–Trinajstić information content (AvgIpc) is 2.82. The van der Waals surface area contributed by atoms with Crippen LogP contribution in [0.5, 0.6) is 5.75 Å². The summed E-state index contributed by atoms with van der Waals surface area (Å²) in [6, 6.07) is 13.0. The summed E-state index contributed by atoms with van der Waals surface area (Å²) >= 11 is 1.62. The number of rotatable bonds is 2. The highest BCUT2D eigenvalue weighted by molar-refractivity contribution is 7.19. The van der Waals surface area contributed by atoms with Crippen molar-refractivity contribution in [3.05, 3.63) is 53.0 Å². The van der Waals surface area contributed by atoms with Gasteiger partial charge in [0.2, 0.25) is 0 Å². The number of nitrogens with zero attached hydrogens (tertiary/aromatic N) is 1. The van der Waals surface area contributed by atoms with E-state index in [1.807, 2.05) is 36.4 Å². The third-order valence-corrected chi connectivity index (χ3v) is 3.77. The molecule has 0 radical (unpaired) electrons. The summed E-state index contributed by atoms with van der Waals surface area (Å²) in [5, 5.41) is 10.6. The quantitative estimate of drug-likeness (QED) is 0.549. The van der Waals surface area contributed by atoms with Crippen LogP contribution in [0.25, 0.3) is 22.4 Å². The van der Waals surface area contributed by atoms with Crippen LogP contribution in [0.1, 0.15) is 10.6 Å². The summed E-state index contributed by atoms with van der Waals surface area (Å²) in [5.41, 5.74) is 8.01. The lowest BCUT2D eigenvalue weighted by molar-refractivity contribution is 0.474. The third kappa shape index (κ3) is 2.44. The van der Waals surface area contributed by atoms with Gasteiger partial charge in [-0.25, -0.2) is 4.98 Å². The molecule has 0 saturated heterocycles. The molecule has 94 valence electrons. The van der Waals surface area contributed by atoms with Crippen molar-refractivity contribution in [1.29, 1.82) is 0 Å². The van der Waals surface area contributed by atoms with E-state index in [1.165, 1.54) is 0 Å². The van der Waals surface area contributed by atoms with E-state index in [1.54, 1.807) is 29.5 Å². The predicted octanol–water partition coefficient (Wildman–Crippen LogP) is 3.75. The predicted molar refractivity (Wildman–Crippen MR) is 81.1 cm³/mol. The number of fused-ring (bicyclic) bond motifs is 1. The summed E-state index contributed by atoms with van der Waals surface area (Å²) < 4.78 is 1.15. The minimum Gasteiger partial charge on any atom is -0.507 e. The number of hydrogen-bond donors (Lipinski definition) is 2. The molecule has 0 aliphatic rings. The van der Waals surface area contributed by atoms with Crippen LogP contribution in [-0.4, -0.2) is 10.1 Å². The minimum absolute atomic E-state index is 0.214. The van der Waals surface area contributed by atoms with E-state index >= 15 is 0 Å². The molecule has 1 heterocycles. The first-order valence-corrected chi connectivity index (χ1v) is 6.66. The highest BCUT2D eigenvalue weighted by Gasteiger charge is 2.01. The van der Waals surface area contributed by atoms with Crippen molar-refractivity contribution in [2.45, 2.75) is 0 Å². The average molecular weight is 268 g/mol. The monoisotopic (exact) mass is 268 g/mol. The zero-order chi connectivity index (χ0) is 13.2. The zero-order valence-corrected chi connectivity index (χ0v) is 10.9. The van der Waals surface area contributed by atoms with Gasteiger partial charge in [-0.1, -0.05) is 12.1 Å². The van der Waals surface area contributed by atoms with Crippen LogP contribution in [0.4, 0.5) is 5.69 Å². The van der Waals surface area contributed by atoms with Gasteiger partial charge in [0.05, 0.1) is 10.2 Å². The Morgan fingerprint density at radius 1 is 1.11 bits per heavy atom. The highest BCUT2D eigenvalue weighted by atomic mass is 32.1. The molecule has 19 heavy (non-hydrogen) atoms. The standard InChI is InChI=1S/C15H12N2OS/c16-11-6-7-13(18)10(9-11)5-8-15-17-12-3-1-2-4-14(12)19-15/h1-9,18H,16H2. The molecule has 0 aliphatic heterocycles. The number of benzene rings is 2. The molecule has 0 amide bonds. The first-order chi connectivity index (χ1) is 9.22. The number of hydrogen-bond acceptors (Lipinski definition) is 4. The van der Waals surface area contributed by atoms with Crippen molar-refractivity contribution in [2.75, 3.05) is 5.73 Å². The van der Waals surface area contributed by atoms with Gasteiger partial charge in [-0.15, -0.1) is 11.3 Å². The number of nitrogens with two attached hydrogens (primary N) is 1. The van der Waals surface area contributed by atoms with Crippen molar-refractivity contribution in [3.63, 3.8) is 0 Å². The molecule has 0 bridgehead atoms.